The van der Waals surface area contributed by atoms with Crippen LogP contribution in [0, 0.1) is 5.82 Å². The second-order valence-corrected chi connectivity index (χ2v) is 8.46. The first-order valence-electron chi connectivity index (χ1n) is 10.8. The summed E-state index contributed by atoms with van der Waals surface area (Å²) < 4.78 is 25.0. The number of oxime groups is 1. The molecule has 33 heavy (non-hydrogen) atoms. The molecular formula is C25H26ClFN2O4. The van der Waals surface area contributed by atoms with Gasteiger partial charge in [-0.1, -0.05) is 47.1 Å². The first-order chi connectivity index (χ1) is 16.1. The van der Waals surface area contributed by atoms with Crippen molar-refractivity contribution in [1.29, 1.82) is 0 Å². The minimum absolute atomic E-state index is 0.162. The largest absolute Gasteiger partial charge is 0.467 e. The van der Waals surface area contributed by atoms with Gasteiger partial charge in [-0.05, 0) is 35.9 Å². The average molecular weight is 473 g/mol. The Balaban J connectivity index is 1.36. The smallest absolute Gasteiger partial charge is 0.145 e. The fourth-order valence-electron chi connectivity index (χ4n) is 3.81. The number of halogens is 2. The Morgan fingerprint density at radius 1 is 1.18 bits per heavy atom. The highest BCUT2D eigenvalue weighted by Gasteiger charge is 2.27. The molecule has 6 nitrogen and oxygen atoms in total. The second kappa shape index (κ2) is 11.4. The molecule has 0 fully saturated rings. The van der Waals surface area contributed by atoms with Crippen molar-refractivity contribution in [2.75, 3.05) is 19.7 Å². The molecule has 1 N–H and O–H groups in total. The van der Waals surface area contributed by atoms with Gasteiger partial charge >= 0.3 is 0 Å². The molecule has 0 unspecified atom stereocenters. The predicted octanol–water partition coefficient (Wildman–Crippen LogP) is 4.65. The van der Waals surface area contributed by atoms with Gasteiger partial charge in [-0.25, -0.2) is 4.39 Å². The van der Waals surface area contributed by atoms with E-state index in [0.29, 0.717) is 54.7 Å². The van der Waals surface area contributed by atoms with Crippen LogP contribution in [0.5, 0.6) is 0 Å². The third-order valence-electron chi connectivity index (χ3n) is 5.28. The molecule has 0 saturated carbocycles. The fraction of sp³-hybridized carbons (Fsp3) is 0.320. The molecule has 0 radical (unpaired) electrons. The van der Waals surface area contributed by atoms with E-state index in [2.05, 4.69) is 10.1 Å². The van der Waals surface area contributed by atoms with Gasteiger partial charge < -0.3 is 19.1 Å². The SMILES string of the molecule is O[C@H](COCc1ccco1)CN(Cc1cccc(Cl)c1)C[C@@H]1CC(c2ccccc2F)=NO1. The van der Waals surface area contributed by atoms with Crippen LogP contribution >= 0.6 is 11.6 Å². The zero-order chi connectivity index (χ0) is 23.0. The number of hydrogen-bond donors (Lipinski definition) is 1. The molecule has 1 aromatic heterocycles. The fourth-order valence-corrected chi connectivity index (χ4v) is 4.02. The summed E-state index contributed by atoms with van der Waals surface area (Å²) in [5, 5.41) is 15.3. The molecule has 2 heterocycles. The van der Waals surface area contributed by atoms with Crippen molar-refractivity contribution in [3.05, 3.63) is 94.7 Å². The maximum absolute atomic E-state index is 14.1. The maximum atomic E-state index is 14.1. The predicted molar refractivity (Wildman–Crippen MR) is 124 cm³/mol. The third kappa shape index (κ3) is 6.88. The van der Waals surface area contributed by atoms with Crippen LogP contribution in [0.2, 0.25) is 5.02 Å². The number of aliphatic hydroxyl groups is 1. The number of nitrogens with zero attached hydrogens (tertiary/aromatic N) is 2. The van der Waals surface area contributed by atoms with E-state index < -0.39 is 6.10 Å². The van der Waals surface area contributed by atoms with Crippen LogP contribution < -0.4 is 0 Å². The summed E-state index contributed by atoms with van der Waals surface area (Å²) in [7, 11) is 0. The maximum Gasteiger partial charge on any atom is 0.145 e. The first-order valence-corrected chi connectivity index (χ1v) is 11.2. The molecule has 2 atom stereocenters. The quantitative estimate of drug-likeness (QED) is 0.440. The number of rotatable bonds is 11. The summed E-state index contributed by atoms with van der Waals surface area (Å²) in [5.74, 6) is 0.385. The van der Waals surface area contributed by atoms with Gasteiger partial charge in [0.2, 0.25) is 0 Å². The van der Waals surface area contributed by atoms with Gasteiger partial charge in [-0.2, -0.15) is 0 Å². The molecule has 0 saturated heterocycles. The molecule has 174 valence electrons. The minimum atomic E-state index is -0.715. The van der Waals surface area contributed by atoms with E-state index in [1.54, 1.807) is 30.5 Å². The molecular weight excluding hydrogens is 447 g/mol. The Morgan fingerprint density at radius 2 is 2.06 bits per heavy atom. The topological polar surface area (TPSA) is 67.4 Å². The van der Waals surface area contributed by atoms with Gasteiger partial charge in [-0.3, -0.25) is 4.90 Å². The van der Waals surface area contributed by atoms with Crippen LogP contribution in [-0.2, 0) is 22.7 Å². The van der Waals surface area contributed by atoms with E-state index in [9.17, 15) is 9.50 Å². The van der Waals surface area contributed by atoms with E-state index in [-0.39, 0.29) is 18.5 Å². The number of hydrogen-bond acceptors (Lipinski definition) is 6. The minimum Gasteiger partial charge on any atom is -0.467 e. The van der Waals surface area contributed by atoms with Crippen molar-refractivity contribution < 1.29 is 23.5 Å². The highest BCUT2D eigenvalue weighted by Crippen LogP contribution is 2.21. The summed E-state index contributed by atoms with van der Waals surface area (Å²) >= 11 is 6.15. The van der Waals surface area contributed by atoms with Crippen LogP contribution in [0.1, 0.15) is 23.3 Å². The molecule has 3 aromatic rings. The second-order valence-electron chi connectivity index (χ2n) is 8.02. The van der Waals surface area contributed by atoms with Gasteiger partial charge in [0.15, 0.2) is 0 Å². The van der Waals surface area contributed by atoms with Crippen LogP contribution in [0.15, 0.2) is 76.5 Å². The molecule has 1 aliphatic rings. The third-order valence-corrected chi connectivity index (χ3v) is 5.51. The molecule has 1 aliphatic heterocycles. The van der Waals surface area contributed by atoms with Crippen molar-refractivity contribution in [3.63, 3.8) is 0 Å². The highest BCUT2D eigenvalue weighted by molar-refractivity contribution is 6.30. The monoisotopic (exact) mass is 472 g/mol. The van der Waals surface area contributed by atoms with E-state index in [4.69, 9.17) is 25.6 Å². The lowest BCUT2D eigenvalue weighted by molar-refractivity contribution is -0.00955. The summed E-state index contributed by atoms with van der Waals surface area (Å²) in [4.78, 5) is 7.67. The van der Waals surface area contributed by atoms with Gasteiger partial charge in [0.25, 0.3) is 0 Å². The summed E-state index contributed by atoms with van der Waals surface area (Å²) in [6, 6.07) is 17.7. The lowest BCUT2D eigenvalue weighted by Gasteiger charge is -2.27. The molecule has 8 heteroatoms. The van der Waals surface area contributed by atoms with E-state index in [1.807, 2.05) is 30.3 Å². The average Bonchev–Trinajstić information content (AvgIpc) is 3.46. The Bertz CT molecular complexity index is 1060. The normalized spacial score (nSPS) is 16.6. The molecule has 0 amide bonds. The van der Waals surface area contributed by atoms with Crippen molar-refractivity contribution in [3.8, 4) is 0 Å². The van der Waals surface area contributed by atoms with Crippen LogP contribution in [0.3, 0.4) is 0 Å². The van der Waals surface area contributed by atoms with Gasteiger partial charge in [0, 0.05) is 36.6 Å². The van der Waals surface area contributed by atoms with Gasteiger partial charge in [0.1, 0.15) is 24.3 Å². The Labute approximate surface area is 197 Å². The lowest BCUT2D eigenvalue weighted by atomic mass is 10.0. The molecule has 0 spiro atoms. The lowest BCUT2D eigenvalue weighted by Crippen LogP contribution is -2.39. The van der Waals surface area contributed by atoms with Crippen molar-refractivity contribution >= 4 is 17.3 Å². The Kier molecular flexibility index (Phi) is 8.12. The first kappa shape index (κ1) is 23.4. The summed E-state index contributed by atoms with van der Waals surface area (Å²) in [6.07, 6.45) is 1.10. The zero-order valence-corrected chi connectivity index (χ0v) is 18.8. The molecule has 0 bridgehead atoms. The zero-order valence-electron chi connectivity index (χ0n) is 18.1. The number of ether oxygens (including phenoxy) is 1. The molecule has 0 aliphatic carbocycles. The summed E-state index contributed by atoms with van der Waals surface area (Å²) in [6.45, 7) is 1.88. The van der Waals surface area contributed by atoms with Crippen LogP contribution in [0.25, 0.3) is 0 Å². The van der Waals surface area contributed by atoms with Gasteiger partial charge in [0.05, 0.1) is 24.7 Å². The number of furan rings is 1. The standard InChI is InChI=1S/C25H26ClFN2O4/c26-19-6-3-5-18(11-19)13-29(14-20(30)16-31-17-21-7-4-10-32-21)15-22-12-25(28-33-22)23-8-1-2-9-24(23)27/h1-11,20,22,30H,12-17H2/t20-,22-/m0/s1. The van der Waals surface area contributed by atoms with E-state index >= 15 is 0 Å². The van der Waals surface area contributed by atoms with Crippen molar-refractivity contribution in [2.45, 2.75) is 31.8 Å². The Hall–Kier alpha value is -2.71. The van der Waals surface area contributed by atoms with E-state index in [0.717, 1.165) is 5.56 Å². The van der Waals surface area contributed by atoms with Gasteiger partial charge in [-0.15, -0.1) is 0 Å². The van der Waals surface area contributed by atoms with Crippen LogP contribution in [-0.4, -0.2) is 47.6 Å². The van der Waals surface area contributed by atoms with Crippen molar-refractivity contribution in [1.82, 2.24) is 4.90 Å². The number of benzene rings is 2. The summed E-state index contributed by atoms with van der Waals surface area (Å²) in [5.41, 5.74) is 2.05. The number of aliphatic hydroxyl groups excluding tert-OH is 1. The molecule has 2 aromatic carbocycles. The molecule has 4 rings (SSSR count). The van der Waals surface area contributed by atoms with Crippen molar-refractivity contribution in [2.24, 2.45) is 5.16 Å². The van der Waals surface area contributed by atoms with Crippen LogP contribution in [0.4, 0.5) is 4.39 Å². The Morgan fingerprint density at radius 3 is 2.85 bits per heavy atom. The van der Waals surface area contributed by atoms with E-state index in [1.165, 1.54) is 6.07 Å². The highest BCUT2D eigenvalue weighted by atomic mass is 35.5.